The highest BCUT2D eigenvalue weighted by atomic mass is 32.1. The minimum Gasteiger partial charge on any atom is -0.392 e. The highest BCUT2D eigenvalue weighted by molar-refractivity contribution is 7.80. The molecule has 26 heavy (non-hydrogen) atoms. The molecule has 0 fully saturated rings. The Bertz CT molecular complexity index is 350. The fraction of sp³-hybridized carbons (Fsp3) is 0.905. The van der Waals surface area contributed by atoms with Gasteiger partial charge in [-0.2, -0.15) is 12.6 Å². The van der Waals surface area contributed by atoms with Crippen molar-refractivity contribution in [3.63, 3.8) is 0 Å². The Labute approximate surface area is 166 Å². The number of ether oxygens (including phenoxy) is 1. The summed E-state index contributed by atoms with van der Waals surface area (Å²) in [5.74, 6) is -0.960. The molecule has 0 aromatic rings. The quantitative estimate of drug-likeness (QED) is 0.139. The third-order valence-electron chi connectivity index (χ3n) is 4.70. The summed E-state index contributed by atoms with van der Waals surface area (Å²) in [6.45, 7) is 2.26. The van der Waals surface area contributed by atoms with Crippen LogP contribution in [0.5, 0.6) is 0 Å². The molecule has 0 aliphatic carbocycles. The van der Waals surface area contributed by atoms with Crippen LogP contribution < -0.4 is 5.73 Å². The maximum Gasteiger partial charge on any atom is 0.331 e. The largest absolute Gasteiger partial charge is 0.392 e. The van der Waals surface area contributed by atoms with Crippen molar-refractivity contribution in [2.24, 2.45) is 5.73 Å². The lowest BCUT2D eigenvalue weighted by atomic mass is 10.0. The summed E-state index contributed by atoms with van der Waals surface area (Å²) in [6, 6.07) is -0.816. The predicted octanol–water partition coefficient (Wildman–Crippen LogP) is 5.57. The molecule has 2 N–H and O–H groups in total. The first kappa shape index (κ1) is 25.4. The zero-order valence-electron chi connectivity index (χ0n) is 16.8. The number of hydrogen-bond acceptors (Lipinski definition) is 5. The minimum atomic E-state index is -0.816. The van der Waals surface area contributed by atoms with Crippen LogP contribution in [0.2, 0.25) is 0 Å². The normalized spacial score (nSPS) is 12.1. The van der Waals surface area contributed by atoms with Gasteiger partial charge in [0.15, 0.2) is 0 Å². The number of unbranched alkanes of at least 4 members (excludes halogenated alkanes) is 14. The number of carbonyl (C=O) groups is 2. The fourth-order valence-electron chi connectivity index (χ4n) is 2.95. The van der Waals surface area contributed by atoms with Gasteiger partial charge in [0.25, 0.3) is 0 Å². The fourth-order valence-corrected chi connectivity index (χ4v) is 3.10. The molecule has 0 spiro atoms. The number of rotatable bonds is 18. The van der Waals surface area contributed by atoms with Crippen molar-refractivity contribution in [3.05, 3.63) is 0 Å². The molecule has 0 aliphatic heterocycles. The van der Waals surface area contributed by atoms with Crippen molar-refractivity contribution in [2.75, 3.05) is 5.75 Å². The van der Waals surface area contributed by atoms with Crippen molar-refractivity contribution in [1.29, 1.82) is 0 Å². The molecule has 0 aromatic heterocycles. The van der Waals surface area contributed by atoms with Gasteiger partial charge in [0, 0.05) is 12.2 Å². The Kier molecular flexibility index (Phi) is 18.8. The van der Waals surface area contributed by atoms with E-state index < -0.39 is 18.0 Å². The smallest absolute Gasteiger partial charge is 0.331 e. The monoisotopic (exact) mass is 387 g/mol. The van der Waals surface area contributed by atoms with Gasteiger partial charge in [0.05, 0.1) is 0 Å². The highest BCUT2D eigenvalue weighted by Gasteiger charge is 2.16. The van der Waals surface area contributed by atoms with Gasteiger partial charge in [-0.25, -0.2) is 4.79 Å². The Morgan fingerprint density at radius 3 is 1.54 bits per heavy atom. The van der Waals surface area contributed by atoms with Gasteiger partial charge in [0.2, 0.25) is 0 Å². The molecule has 0 rings (SSSR count). The van der Waals surface area contributed by atoms with Gasteiger partial charge in [-0.15, -0.1) is 0 Å². The maximum absolute atomic E-state index is 11.5. The van der Waals surface area contributed by atoms with E-state index in [1.54, 1.807) is 0 Å². The van der Waals surface area contributed by atoms with Gasteiger partial charge >= 0.3 is 11.9 Å². The second-order valence-corrected chi connectivity index (χ2v) is 7.65. The number of carbonyl (C=O) groups excluding carboxylic acids is 2. The molecule has 0 amide bonds. The topological polar surface area (TPSA) is 69.4 Å². The van der Waals surface area contributed by atoms with E-state index in [2.05, 4.69) is 24.3 Å². The Morgan fingerprint density at radius 2 is 1.15 bits per heavy atom. The van der Waals surface area contributed by atoms with E-state index in [1.165, 1.54) is 77.0 Å². The molecule has 0 bridgehead atoms. The van der Waals surface area contributed by atoms with E-state index >= 15 is 0 Å². The third kappa shape index (κ3) is 16.9. The van der Waals surface area contributed by atoms with Crippen LogP contribution in [0, 0.1) is 0 Å². The average Bonchev–Trinajstić information content (AvgIpc) is 2.64. The van der Waals surface area contributed by atoms with Gasteiger partial charge in [-0.3, -0.25) is 4.79 Å². The summed E-state index contributed by atoms with van der Waals surface area (Å²) in [6.07, 6.45) is 19.6. The summed E-state index contributed by atoms with van der Waals surface area (Å²) >= 11 is 3.91. The first-order chi connectivity index (χ1) is 12.6. The SMILES string of the molecule is CCCCCCCCCCCCCCCCCC(=O)OC(=O)C(N)CS. The average molecular weight is 388 g/mol. The molecule has 0 saturated heterocycles. The predicted molar refractivity (Wildman–Crippen MR) is 112 cm³/mol. The van der Waals surface area contributed by atoms with Crippen LogP contribution in [-0.2, 0) is 14.3 Å². The van der Waals surface area contributed by atoms with E-state index in [-0.39, 0.29) is 5.75 Å². The lowest BCUT2D eigenvalue weighted by Gasteiger charge is -2.07. The van der Waals surface area contributed by atoms with Gasteiger partial charge in [-0.1, -0.05) is 96.8 Å². The summed E-state index contributed by atoms with van der Waals surface area (Å²) in [5.41, 5.74) is 5.45. The first-order valence-corrected chi connectivity index (χ1v) is 11.4. The number of nitrogens with two attached hydrogens (primary N) is 1. The van der Waals surface area contributed by atoms with Crippen LogP contribution in [0.1, 0.15) is 110 Å². The van der Waals surface area contributed by atoms with Crippen molar-refractivity contribution in [3.8, 4) is 0 Å². The molecule has 0 heterocycles. The van der Waals surface area contributed by atoms with E-state index in [0.717, 1.165) is 19.3 Å². The Morgan fingerprint density at radius 1 is 0.769 bits per heavy atom. The van der Waals surface area contributed by atoms with E-state index in [9.17, 15) is 9.59 Å². The second kappa shape index (κ2) is 19.2. The molecule has 0 saturated carbocycles. The van der Waals surface area contributed by atoms with E-state index in [4.69, 9.17) is 5.73 Å². The summed E-state index contributed by atoms with van der Waals surface area (Å²) < 4.78 is 4.67. The Balaban J connectivity index is 3.24. The molecule has 0 aliphatic rings. The van der Waals surface area contributed by atoms with Gasteiger partial charge in [0.1, 0.15) is 6.04 Å². The van der Waals surface area contributed by atoms with E-state index in [1.807, 2.05) is 0 Å². The second-order valence-electron chi connectivity index (χ2n) is 7.28. The molecule has 4 nitrogen and oxygen atoms in total. The maximum atomic E-state index is 11.5. The lowest BCUT2D eigenvalue weighted by molar-refractivity contribution is -0.160. The van der Waals surface area contributed by atoms with Crippen LogP contribution >= 0.6 is 12.6 Å². The molecule has 1 unspecified atom stereocenters. The van der Waals surface area contributed by atoms with Gasteiger partial charge in [-0.05, 0) is 6.42 Å². The van der Waals surface area contributed by atoms with Gasteiger partial charge < -0.3 is 10.5 Å². The number of esters is 2. The standard InChI is InChI=1S/C21H41NO3S/c1-2-3-4-5-6-7-8-9-10-11-12-13-14-15-16-17-20(23)25-21(24)19(22)18-26/h19,26H,2-18,22H2,1H3. The molecular weight excluding hydrogens is 346 g/mol. The zero-order valence-corrected chi connectivity index (χ0v) is 17.7. The highest BCUT2D eigenvalue weighted by Crippen LogP contribution is 2.13. The molecule has 0 radical (unpaired) electrons. The summed E-state index contributed by atoms with van der Waals surface area (Å²) in [5, 5.41) is 0. The van der Waals surface area contributed by atoms with Crippen LogP contribution in [-0.4, -0.2) is 23.7 Å². The van der Waals surface area contributed by atoms with Crippen molar-refractivity contribution in [1.82, 2.24) is 0 Å². The molecular formula is C21H41NO3S. The van der Waals surface area contributed by atoms with Crippen molar-refractivity contribution in [2.45, 2.75) is 116 Å². The van der Waals surface area contributed by atoms with Crippen molar-refractivity contribution >= 4 is 24.6 Å². The van der Waals surface area contributed by atoms with Crippen LogP contribution in [0.4, 0.5) is 0 Å². The zero-order chi connectivity index (χ0) is 19.5. The third-order valence-corrected chi connectivity index (χ3v) is 5.09. The Hall–Kier alpha value is -0.550. The summed E-state index contributed by atoms with van der Waals surface area (Å²) in [7, 11) is 0. The number of hydrogen-bond donors (Lipinski definition) is 2. The van der Waals surface area contributed by atoms with Crippen LogP contribution in [0.3, 0.4) is 0 Å². The van der Waals surface area contributed by atoms with Crippen molar-refractivity contribution < 1.29 is 14.3 Å². The van der Waals surface area contributed by atoms with Crippen LogP contribution in [0.15, 0.2) is 0 Å². The molecule has 1 atom stereocenters. The number of thiol groups is 1. The molecule has 154 valence electrons. The molecule has 5 heteroatoms. The van der Waals surface area contributed by atoms with E-state index in [0.29, 0.717) is 6.42 Å². The summed E-state index contributed by atoms with van der Waals surface area (Å²) in [4.78, 5) is 22.8. The molecule has 0 aromatic carbocycles. The van der Waals surface area contributed by atoms with Crippen LogP contribution in [0.25, 0.3) is 0 Å². The lowest BCUT2D eigenvalue weighted by Crippen LogP contribution is -2.35. The minimum absolute atomic E-state index is 0.186. The first-order valence-electron chi connectivity index (χ1n) is 10.7.